The molecule has 0 amide bonds. The molecule has 0 fully saturated rings. The summed E-state index contributed by atoms with van der Waals surface area (Å²) in [6.07, 6.45) is 1.28. The predicted molar refractivity (Wildman–Crippen MR) is 103 cm³/mol. The van der Waals surface area contributed by atoms with Crippen LogP contribution in [0.25, 0.3) is 11.0 Å². The van der Waals surface area contributed by atoms with E-state index in [1.165, 1.54) is 28.5 Å². The number of benzene rings is 2. The quantitative estimate of drug-likeness (QED) is 0.452. The van der Waals surface area contributed by atoms with Crippen molar-refractivity contribution in [2.24, 2.45) is 5.92 Å². The lowest BCUT2D eigenvalue weighted by Crippen LogP contribution is -1.99. The predicted octanol–water partition coefficient (Wildman–Crippen LogP) is 6.65. The van der Waals surface area contributed by atoms with E-state index in [0.29, 0.717) is 0 Å². The van der Waals surface area contributed by atoms with E-state index in [-0.39, 0.29) is 0 Å². The maximum atomic E-state index is 5.42. The van der Waals surface area contributed by atoms with Gasteiger partial charge in [0, 0.05) is 5.39 Å². The number of hydrogen-bond acceptors (Lipinski definition) is 1. The van der Waals surface area contributed by atoms with E-state index in [4.69, 9.17) is 4.42 Å². The zero-order chi connectivity index (χ0) is 17.4. The first kappa shape index (κ1) is 16.8. The van der Waals surface area contributed by atoms with Crippen molar-refractivity contribution in [3.8, 4) is 0 Å². The van der Waals surface area contributed by atoms with Gasteiger partial charge in [0.25, 0.3) is 0 Å². The van der Waals surface area contributed by atoms with Crippen molar-refractivity contribution in [2.75, 3.05) is 0 Å². The molecule has 1 aliphatic carbocycles. The summed E-state index contributed by atoms with van der Waals surface area (Å²) in [7, 11) is 0. The molecular weight excluding hydrogens is 292 g/mol. The van der Waals surface area contributed by atoms with Gasteiger partial charge >= 0.3 is 0 Å². The van der Waals surface area contributed by atoms with Crippen molar-refractivity contribution in [1.82, 2.24) is 0 Å². The number of furan rings is 1. The van der Waals surface area contributed by atoms with E-state index in [1.807, 2.05) is 13.0 Å². The van der Waals surface area contributed by atoms with Gasteiger partial charge in [-0.25, -0.2) is 0 Å². The highest BCUT2D eigenvalue weighted by molar-refractivity contribution is 5.78. The Morgan fingerprint density at radius 3 is 2.42 bits per heavy atom. The molecule has 0 saturated heterocycles. The molecule has 1 nitrogen and oxygen atoms in total. The highest BCUT2D eigenvalue weighted by Crippen LogP contribution is 2.39. The number of fused-ring (bicyclic) bond motifs is 2. The summed E-state index contributed by atoms with van der Waals surface area (Å²) in [5.74, 6) is 2.57. The van der Waals surface area contributed by atoms with E-state index >= 15 is 0 Å². The fourth-order valence-electron chi connectivity index (χ4n) is 3.81. The van der Waals surface area contributed by atoms with Gasteiger partial charge in [-0.3, -0.25) is 0 Å². The van der Waals surface area contributed by atoms with Crippen LogP contribution in [0, 0.1) is 33.6 Å². The van der Waals surface area contributed by atoms with Crippen molar-refractivity contribution in [3.05, 3.63) is 70.0 Å². The van der Waals surface area contributed by atoms with Gasteiger partial charge in [-0.15, -0.1) is 0 Å². The largest absolute Gasteiger partial charge is 0.461 e. The lowest BCUT2D eigenvalue weighted by Gasteiger charge is -2.13. The number of aryl methyl sites for hydroxylation is 3. The Balaban J connectivity index is 0.000000143. The Kier molecular flexibility index (Phi) is 4.54. The zero-order valence-electron chi connectivity index (χ0n) is 15.7. The minimum atomic E-state index is 0.759. The molecule has 0 aliphatic heterocycles. The number of hydrogen-bond donors (Lipinski definition) is 0. The average molecular weight is 320 g/mol. The van der Waals surface area contributed by atoms with E-state index in [1.54, 1.807) is 11.1 Å². The first-order chi connectivity index (χ1) is 11.4. The van der Waals surface area contributed by atoms with E-state index in [9.17, 15) is 0 Å². The van der Waals surface area contributed by atoms with Crippen molar-refractivity contribution in [3.63, 3.8) is 0 Å². The van der Waals surface area contributed by atoms with E-state index in [2.05, 4.69) is 65.0 Å². The van der Waals surface area contributed by atoms with Gasteiger partial charge in [-0.05, 0) is 86.4 Å². The first-order valence-corrected chi connectivity index (χ1v) is 8.92. The summed E-state index contributed by atoms with van der Waals surface area (Å²) < 4.78 is 5.42. The van der Waals surface area contributed by atoms with Crippen LogP contribution in [0.4, 0.5) is 0 Å². The average Bonchev–Trinajstić information content (AvgIpc) is 3.03. The Labute approximate surface area is 145 Å². The summed E-state index contributed by atoms with van der Waals surface area (Å²) in [4.78, 5) is 0. The molecule has 0 bridgehead atoms. The van der Waals surface area contributed by atoms with Crippen LogP contribution < -0.4 is 0 Å². The molecule has 24 heavy (non-hydrogen) atoms. The summed E-state index contributed by atoms with van der Waals surface area (Å²) in [5.41, 5.74) is 8.44. The van der Waals surface area contributed by atoms with E-state index < -0.39 is 0 Å². The van der Waals surface area contributed by atoms with Crippen molar-refractivity contribution < 1.29 is 4.42 Å². The monoisotopic (exact) mass is 320 g/mol. The summed E-state index contributed by atoms with van der Waals surface area (Å²) in [5, 5.41) is 1.20. The molecule has 1 aromatic heterocycles. The summed E-state index contributed by atoms with van der Waals surface area (Å²) in [6, 6.07) is 12.8. The third-order valence-corrected chi connectivity index (χ3v) is 5.52. The van der Waals surface area contributed by atoms with Crippen molar-refractivity contribution >= 4 is 11.0 Å². The molecule has 2 atom stereocenters. The molecule has 1 heterocycles. The standard InChI is InChI=1S/C13H18.C10H10O/c1-8-5-6-12-7-9(2)11(4)13(12)10(8)3;1-7-3-4-10-9(5-7)6-8(2)11-10/h5-6,9,11H,7H2,1-4H3;3-6H,1-2H3. The van der Waals surface area contributed by atoms with Crippen LogP contribution in [0.3, 0.4) is 0 Å². The topological polar surface area (TPSA) is 13.1 Å². The molecule has 3 aromatic rings. The molecule has 4 rings (SSSR count). The molecule has 1 aliphatic rings. The first-order valence-electron chi connectivity index (χ1n) is 8.92. The molecule has 0 saturated carbocycles. The Bertz CT molecular complexity index is 869. The number of rotatable bonds is 0. The molecule has 1 heteroatoms. The molecule has 2 unspecified atom stereocenters. The Morgan fingerprint density at radius 2 is 1.67 bits per heavy atom. The fraction of sp³-hybridized carbons (Fsp3) is 0.391. The van der Waals surface area contributed by atoms with Crippen molar-refractivity contribution in [2.45, 2.75) is 53.9 Å². The third kappa shape index (κ3) is 3.13. The smallest absolute Gasteiger partial charge is 0.134 e. The van der Waals surface area contributed by atoms with Gasteiger partial charge < -0.3 is 4.42 Å². The Morgan fingerprint density at radius 1 is 0.917 bits per heavy atom. The van der Waals surface area contributed by atoms with Gasteiger partial charge in [0.2, 0.25) is 0 Å². The lowest BCUT2D eigenvalue weighted by molar-refractivity contribution is 0.531. The maximum absolute atomic E-state index is 5.42. The molecule has 2 aromatic carbocycles. The van der Waals surface area contributed by atoms with Gasteiger partial charge in [0.1, 0.15) is 11.3 Å². The SMILES string of the molecule is Cc1ccc2c(c1C)C(C)C(C)C2.Cc1ccc2oc(C)cc2c1. The third-order valence-electron chi connectivity index (χ3n) is 5.52. The van der Waals surface area contributed by atoms with E-state index in [0.717, 1.165) is 23.2 Å². The van der Waals surface area contributed by atoms with Crippen LogP contribution in [0.2, 0.25) is 0 Å². The second-order valence-corrected chi connectivity index (χ2v) is 7.45. The lowest BCUT2D eigenvalue weighted by atomic mass is 9.92. The second kappa shape index (κ2) is 6.47. The van der Waals surface area contributed by atoms with Crippen LogP contribution in [-0.4, -0.2) is 0 Å². The van der Waals surface area contributed by atoms with Gasteiger partial charge in [-0.2, -0.15) is 0 Å². The van der Waals surface area contributed by atoms with Crippen LogP contribution in [0.5, 0.6) is 0 Å². The van der Waals surface area contributed by atoms with Gasteiger partial charge in [0.05, 0.1) is 0 Å². The Hall–Kier alpha value is -2.02. The minimum absolute atomic E-state index is 0.759. The van der Waals surface area contributed by atoms with Crippen LogP contribution in [-0.2, 0) is 6.42 Å². The highest BCUT2D eigenvalue weighted by Gasteiger charge is 2.27. The van der Waals surface area contributed by atoms with Gasteiger partial charge in [0.15, 0.2) is 0 Å². The zero-order valence-corrected chi connectivity index (χ0v) is 15.7. The van der Waals surface area contributed by atoms with Crippen LogP contribution >= 0.6 is 0 Å². The highest BCUT2D eigenvalue weighted by atomic mass is 16.3. The summed E-state index contributed by atoms with van der Waals surface area (Å²) in [6.45, 7) is 13.3. The molecular formula is C23H28O. The van der Waals surface area contributed by atoms with Crippen molar-refractivity contribution in [1.29, 1.82) is 0 Å². The normalized spacial score (nSPS) is 19.1. The fourth-order valence-corrected chi connectivity index (χ4v) is 3.81. The minimum Gasteiger partial charge on any atom is -0.461 e. The van der Waals surface area contributed by atoms with Crippen LogP contribution in [0.15, 0.2) is 40.8 Å². The van der Waals surface area contributed by atoms with Gasteiger partial charge in [-0.1, -0.05) is 37.6 Å². The van der Waals surface area contributed by atoms with Crippen LogP contribution in [0.1, 0.15) is 53.3 Å². The molecule has 0 spiro atoms. The molecule has 126 valence electrons. The summed E-state index contributed by atoms with van der Waals surface area (Å²) >= 11 is 0. The molecule has 0 radical (unpaired) electrons. The molecule has 0 N–H and O–H groups in total. The maximum Gasteiger partial charge on any atom is 0.134 e. The second-order valence-electron chi connectivity index (χ2n) is 7.45.